The quantitative estimate of drug-likeness (QED) is 0.498. The van der Waals surface area contributed by atoms with Gasteiger partial charge in [0.2, 0.25) is 0 Å². The van der Waals surface area contributed by atoms with Gasteiger partial charge in [-0.05, 0) is 26.7 Å². The molecule has 0 aromatic rings. The predicted octanol–water partition coefficient (Wildman–Crippen LogP) is 0.474. The standard InChI is InChI=1S/C7H16N2/c1-5-3-7(8)4-6(2)9-5/h5-7,9H,3-4,8H2,1-2H3. The molecule has 1 aliphatic rings. The molecule has 0 spiro atoms. The number of nitrogens with one attached hydrogen (secondary N) is 1. The highest BCUT2D eigenvalue weighted by molar-refractivity contribution is 4.82. The molecule has 0 amide bonds. The Morgan fingerprint density at radius 2 is 1.67 bits per heavy atom. The van der Waals surface area contributed by atoms with Crippen molar-refractivity contribution in [1.82, 2.24) is 5.32 Å². The molecule has 1 saturated heterocycles. The van der Waals surface area contributed by atoms with Crippen LogP contribution < -0.4 is 11.1 Å². The minimum absolute atomic E-state index is 0.427. The Bertz CT molecular complexity index is 67.9. The Labute approximate surface area is 56.8 Å². The van der Waals surface area contributed by atoms with E-state index in [1.165, 1.54) is 0 Å². The Morgan fingerprint density at radius 3 is 2.00 bits per heavy atom. The fourth-order valence-corrected chi connectivity index (χ4v) is 1.63. The Balaban J connectivity index is 2.34. The van der Waals surface area contributed by atoms with Crippen molar-refractivity contribution in [3.05, 3.63) is 0 Å². The molecule has 1 fully saturated rings. The van der Waals surface area contributed by atoms with E-state index >= 15 is 0 Å². The largest absolute Gasteiger partial charge is 0.328 e. The molecular weight excluding hydrogens is 112 g/mol. The van der Waals surface area contributed by atoms with Crippen molar-refractivity contribution in [2.45, 2.75) is 44.8 Å². The van der Waals surface area contributed by atoms with Crippen molar-refractivity contribution in [3.63, 3.8) is 0 Å². The van der Waals surface area contributed by atoms with Gasteiger partial charge in [-0.2, -0.15) is 0 Å². The predicted molar refractivity (Wildman–Crippen MR) is 39.3 cm³/mol. The van der Waals surface area contributed by atoms with E-state index in [1.807, 2.05) is 0 Å². The van der Waals surface area contributed by atoms with Crippen molar-refractivity contribution in [1.29, 1.82) is 0 Å². The van der Waals surface area contributed by atoms with Crippen LogP contribution in [0.4, 0.5) is 0 Å². The number of hydrogen-bond donors (Lipinski definition) is 2. The molecule has 0 saturated carbocycles. The zero-order valence-corrected chi connectivity index (χ0v) is 6.22. The molecular formula is C7H16N2. The van der Waals surface area contributed by atoms with E-state index in [9.17, 15) is 0 Å². The number of rotatable bonds is 0. The summed E-state index contributed by atoms with van der Waals surface area (Å²) >= 11 is 0. The molecule has 3 N–H and O–H groups in total. The van der Waals surface area contributed by atoms with Gasteiger partial charge in [-0.1, -0.05) is 0 Å². The highest BCUT2D eigenvalue weighted by Gasteiger charge is 2.19. The van der Waals surface area contributed by atoms with E-state index in [-0.39, 0.29) is 0 Å². The third kappa shape index (κ3) is 1.95. The van der Waals surface area contributed by atoms with Crippen LogP contribution in [0, 0.1) is 0 Å². The maximum Gasteiger partial charge on any atom is 0.00682 e. The summed E-state index contributed by atoms with van der Waals surface area (Å²) < 4.78 is 0. The van der Waals surface area contributed by atoms with E-state index in [0.717, 1.165) is 12.8 Å². The summed E-state index contributed by atoms with van der Waals surface area (Å²) in [5, 5.41) is 3.43. The molecule has 2 heteroatoms. The molecule has 0 aliphatic carbocycles. The second-order valence-corrected chi connectivity index (χ2v) is 3.20. The molecule has 1 heterocycles. The molecule has 0 aromatic heterocycles. The Morgan fingerprint density at radius 1 is 1.22 bits per heavy atom. The van der Waals surface area contributed by atoms with Gasteiger partial charge in [0.15, 0.2) is 0 Å². The molecule has 2 atom stereocenters. The lowest BCUT2D eigenvalue weighted by Crippen LogP contribution is -2.47. The van der Waals surface area contributed by atoms with Gasteiger partial charge >= 0.3 is 0 Å². The van der Waals surface area contributed by atoms with Crippen LogP contribution in [-0.4, -0.2) is 18.1 Å². The van der Waals surface area contributed by atoms with Gasteiger partial charge in [0.1, 0.15) is 0 Å². The Hall–Kier alpha value is -0.0800. The first kappa shape index (κ1) is 7.03. The minimum Gasteiger partial charge on any atom is -0.328 e. The minimum atomic E-state index is 0.427. The van der Waals surface area contributed by atoms with Gasteiger partial charge in [-0.25, -0.2) is 0 Å². The molecule has 9 heavy (non-hydrogen) atoms. The van der Waals surface area contributed by atoms with Gasteiger partial charge in [-0.15, -0.1) is 0 Å². The van der Waals surface area contributed by atoms with E-state index in [4.69, 9.17) is 5.73 Å². The fourth-order valence-electron chi connectivity index (χ4n) is 1.63. The number of piperidine rings is 1. The molecule has 0 bridgehead atoms. The van der Waals surface area contributed by atoms with Gasteiger partial charge < -0.3 is 11.1 Å². The van der Waals surface area contributed by atoms with Crippen LogP contribution in [0.5, 0.6) is 0 Å². The van der Waals surface area contributed by atoms with Crippen LogP contribution in [0.2, 0.25) is 0 Å². The first-order valence-corrected chi connectivity index (χ1v) is 3.70. The summed E-state index contributed by atoms with van der Waals surface area (Å²) in [6, 6.07) is 1.66. The fraction of sp³-hybridized carbons (Fsp3) is 1.00. The summed E-state index contributed by atoms with van der Waals surface area (Å²) in [6.07, 6.45) is 2.26. The maximum absolute atomic E-state index is 5.78. The summed E-state index contributed by atoms with van der Waals surface area (Å²) in [6.45, 7) is 4.38. The summed E-state index contributed by atoms with van der Waals surface area (Å²) in [4.78, 5) is 0. The van der Waals surface area contributed by atoms with E-state index in [2.05, 4.69) is 19.2 Å². The molecule has 2 nitrogen and oxygen atoms in total. The number of nitrogens with two attached hydrogens (primary N) is 1. The third-order valence-electron chi connectivity index (χ3n) is 1.88. The van der Waals surface area contributed by atoms with Crippen molar-refractivity contribution in [2.75, 3.05) is 0 Å². The normalized spacial score (nSPS) is 45.0. The van der Waals surface area contributed by atoms with Crippen LogP contribution in [0.1, 0.15) is 26.7 Å². The van der Waals surface area contributed by atoms with Crippen molar-refractivity contribution in [2.24, 2.45) is 5.73 Å². The molecule has 54 valence electrons. The second-order valence-electron chi connectivity index (χ2n) is 3.20. The molecule has 1 rings (SSSR count). The lowest BCUT2D eigenvalue weighted by atomic mass is 9.96. The van der Waals surface area contributed by atoms with Gasteiger partial charge in [-0.3, -0.25) is 0 Å². The summed E-state index contributed by atoms with van der Waals surface area (Å²) in [5.41, 5.74) is 5.78. The topological polar surface area (TPSA) is 38.0 Å². The third-order valence-corrected chi connectivity index (χ3v) is 1.88. The van der Waals surface area contributed by atoms with Crippen LogP contribution >= 0.6 is 0 Å². The van der Waals surface area contributed by atoms with Gasteiger partial charge in [0, 0.05) is 18.1 Å². The highest BCUT2D eigenvalue weighted by Crippen LogP contribution is 2.10. The van der Waals surface area contributed by atoms with Crippen LogP contribution in [0.15, 0.2) is 0 Å². The van der Waals surface area contributed by atoms with Crippen molar-refractivity contribution >= 4 is 0 Å². The lowest BCUT2D eigenvalue weighted by Gasteiger charge is -2.30. The molecule has 0 radical (unpaired) electrons. The maximum atomic E-state index is 5.78. The van der Waals surface area contributed by atoms with Crippen molar-refractivity contribution in [3.8, 4) is 0 Å². The zero-order chi connectivity index (χ0) is 6.85. The van der Waals surface area contributed by atoms with Crippen LogP contribution in [0.25, 0.3) is 0 Å². The second kappa shape index (κ2) is 2.67. The van der Waals surface area contributed by atoms with E-state index in [1.54, 1.807) is 0 Å². The monoisotopic (exact) mass is 128 g/mol. The average molecular weight is 128 g/mol. The Kier molecular flexibility index (Phi) is 2.09. The van der Waals surface area contributed by atoms with Gasteiger partial charge in [0.25, 0.3) is 0 Å². The van der Waals surface area contributed by atoms with Crippen LogP contribution in [0.3, 0.4) is 0 Å². The molecule has 1 aliphatic heterocycles. The molecule has 0 aromatic carbocycles. The first-order valence-electron chi connectivity index (χ1n) is 3.70. The van der Waals surface area contributed by atoms with E-state index in [0.29, 0.717) is 18.1 Å². The smallest absolute Gasteiger partial charge is 0.00682 e. The van der Waals surface area contributed by atoms with E-state index < -0.39 is 0 Å². The lowest BCUT2D eigenvalue weighted by molar-refractivity contribution is 0.317. The highest BCUT2D eigenvalue weighted by atomic mass is 15.0. The first-order chi connectivity index (χ1) is 4.18. The van der Waals surface area contributed by atoms with Crippen LogP contribution in [-0.2, 0) is 0 Å². The molecule has 2 unspecified atom stereocenters. The zero-order valence-electron chi connectivity index (χ0n) is 6.22. The SMILES string of the molecule is CC1CC(N)CC(C)N1. The summed E-state index contributed by atoms with van der Waals surface area (Å²) in [7, 11) is 0. The van der Waals surface area contributed by atoms with Crippen molar-refractivity contribution < 1.29 is 0 Å². The average Bonchev–Trinajstić information content (AvgIpc) is 1.59. The number of hydrogen-bond acceptors (Lipinski definition) is 2. The van der Waals surface area contributed by atoms with Gasteiger partial charge in [0.05, 0.1) is 0 Å². The summed E-state index contributed by atoms with van der Waals surface area (Å²) in [5.74, 6) is 0.